The summed E-state index contributed by atoms with van der Waals surface area (Å²) in [5.41, 5.74) is 0.113. The number of methoxy groups -OCH3 is 2. The summed E-state index contributed by atoms with van der Waals surface area (Å²) in [6.07, 6.45) is 1.12. The Morgan fingerprint density at radius 3 is 2.71 bits per heavy atom. The maximum Gasteiger partial charge on any atom is 0.203 e. The van der Waals surface area contributed by atoms with E-state index in [1.165, 1.54) is 26.4 Å². The third kappa shape index (κ3) is 2.76. The van der Waals surface area contributed by atoms with Crippen LogP contribution in [-0.4, -0.2) is 31.9 Å². The number of benzene rings is 1. The van der Waals surface area contributed by atoms with E-state index >= 15 is 0 Å². The number of ketones is 1. The first-order chi connectivity index (χ1) is 8.15. The average molecular weight is 238 g/mol. The molecule has 0 bridgehead atoms. The zero-order valence-electron chi connectivity index (χ0n) is 9.73. The van der Waals surface area contributed by atoms with Gasteiger partial charge in [-0.3, -0.25) is 4.79 Å². The summed E-state index contributed by atoms with van der Waals surface area (Å²) in [5, 5.41) is 9.86. The summed E-state index contributed by atoms with van der Waals surface area (Å²) in [7, 11) is 2.85. The highest BCUT2D eigenvalue weighted by atomic mass is 16.7. The van der Waals surface area contributed by atoms with Gasteiger partial charge in [0.2, 0.25) is 5.75 Å². The van der Waals surface area contributed by atoms with Crippen molar-refractivity contribution in [2.24, 2.45) is 0 Å². The van der Waals surface area contributed by atoms with E-state index in [0.717, 1.165) is 6.08 Å². The SMILES string of the molecule is C=CC(=O)c1ccc(OCOC)c(OC)c1O. The third-order valence-electron chi connectivity index (χ3n) is 2.08. The van der Waals surface area contributed by atoms with E-state index < -0.39 is 0 Å². The van der Waals surface area contributed by atoms with Gasteiger partial charge in [0, 0.05) is 7.11 Å². The maximum atomic E-state index is 11.4. The first-order valence-electron chi connectivity index (χ1n) is 4.84. The Bertz CT molecular complexity index is 425. The molecular weight excluding hydrogens is 224 g/mol. The van der Waals surface area contributed by atoms with E-state index in [9.17, 15) is 9.90 Å². The number of carbonyl (C=O) groups is 1. The highest BCUT2D eigenvalue weighted by Crippen LogP contribution is 2.39. The largest absolute Gasteiger partial charge is 0.504 e. The monoisotopic (exact) mass is 238 g/mol. The fraction of sp³-hybridized carbons (Fsp3) is 0.250. The van der Waals surface area contributed by atoms with E-state index in [4.69, 9.17) is 14.2 Å². The minimum Gasteiger partial charge on any atom is -0.504 e. The summed E-state index contributed by atoms with van der Waals surface area (Å²) >= 11 is 0. The molecule has 0 fully saturated rings. The fourth-order valence-corrected chi connectivity index (χ4v) is 1.29. The van der Waals surface area contributed by atoms with Gasteiger partial charge in [-0.15, -0.1) is 0 Å². The molecule has 0 radical (unpaired) electrons. The smallest absolute Gasteiger partial charge is 0.203 e. The second kappa shape index (κ2) is 5.91. The topological polar surface area (TPSA) is 65.0 Å². The zero-order valence-corrected chi connectivity index (χ0v) is 9.73. The number of phenols is 1. The molecule has 1 rings (SSSR count). The molecule has 0 unspecified atom stereocenters. The van der Waals surface area contributed by atoms with Crippen LogP contribution in [0, 0.1) is 0 Å². The Hall–Kier alpha value is -2.01. The van der Waals surface area contributed by atoms with Crippen LogP contribution in [0.4, 0.5) is 0 Å². The predicted molar refractivity (Wildman–Crippen MR) is 61.7 cm³/mol. The van der Waals surface area contributed by atoms with Gasteiger partial charge >= 0.3 is 0 Å². The quantitative estimate of drug-likeness (QED) is 0.464. The summed E-state index contributed by atoms with van der Waals surface area (Å²) < 4.78 is 14.9. The number of allylic oxidation sites excluding steroid dienone is 1. The Morgan fingerprint density at radius 2 is 2.18 bits per heavy atom. The van der Waals surface area contributed by atoms with Crippen LogP contribution in [-0.2, 0) is 4.74 Å². The second-order valence-corrected chi connectivity index (χ2v) is 3.11. The molecule has 92 valence electrons. The van der Waals surface area contributed by atoms with Gasteiger partial charge < -0.3 is 19.3 Å². The van der Waals surface area contributed by atoms with Gasteiger partial charge in [0.05, 0.1) is 12.7 Å². The van der Waals surface area contributed by atoms with E-state index in [1.54, 1.807) is 0 Å². The lowest BCUT2D eigenvalue weighted by Gasteiger charge is -2.12. The fourth-order valence-electron chi connectivity index (χ4n) is 1.29. The van der Waals surface area contributed by atoms with Crippen molar-refractivity contribution in [1.29, 1.82) is 0 Å². The van der Waals surface area contributed by atoms with Crippen molar-refractivity contribution in [2.75, 3.05) is 21.0 Å². The van der Waals surface area contributed by atoms with Crippen molar-refractivity contribution in [3.8, 4) is 17.2 Å². The Labute approximate surface area is 99.2 Å². The molecule has 0 aliphatic carbocycles. The van der Waals surface area contributed by atoms with E-state index in [1.807, 2.05) is 0 Å². The molecule has 0 aliphatic rings. The van der Waals surface area contributed by atoms with Crippen LogP contribution < -0.4 is 9.47 Å². The lowest BCUT2D eigenvalue weighted by atomic mass is 10.1. The molecule has 5 nitrogen and oxygen atoms in total. The lowest BCUT2D eigenvalue weighted by molar-refractivity contribution is 0.0489. The summed E-state index contributed by atoms with van der Waals surface area (Å²) in [6, 6.07) is 2.96. The van der Waals surface area contributed by atoms with Crippen LogP contribution in [0.5, 0.6) is 17.2 Å². The lowest BCUT2D eigenvalue weighted by Crippen LogP contribution is -2.03. The molecular formula is C12H14O5. The molecule has 1 aromatic carbocycles. The molecule has 1 N–H and O–H groups in total. The summed E-state index contributed by atoms with van der Waals surface area (Å²) in [4.78, 5) is 11.4. The van der Waals surface area contributed by atoms with Crippen molar-refractivity contribution in [2.45, 2.75) is 0 Å². The molecule has 0 amide bonds. The van der Waals surface area contributed by atoms with Crippen LogP contribution in [0.15, 0.2) is 24.8 Å². The molecule has 0 aromatic heterocycles. The van der Waals surface area contributed by atoms with Gasteiger partial charge in [0.25, 0.3) is 0 Å². The molecule has 0 spiro atoms. The molecule has 0 saturated carbocycles. The van der Waals surface area contributed by atoms with Gasteiger partial charge in [-0.2, -0.15) is 0 Å². The van der Waals surface area contributed by atoms with Gasteiger partial charge in [-0.1, -0.05) is 6.58 Å². The molecule has 17 heavy (non-hydrogen) atoms. The highest BCUT2D eigenvalue weighted by molar-refractivity contribution is 6.06. The average Bonchev–Trinajstić information content (AvgIpc) is 2.35. The van der Waals surface area contributed by atoms with Gasteiger partial charge in [0.15, 0.2) is 24.1 Å². The van der Waals surface area contributed by atoms with E-state index in [0.29, 0.717) is 5.75 Å². The van der Waals surface area contributed by atoms with Crippen LogP contribution in [0.25, 0.3) is 0 Å². The number of phenolic OH excluding ortho intramolecular Hbond substituents is 1. The summed E-state index contributed by atoms with van der Waals surface area (Å²) in [5.74, 6) is -0.271. The van der Waals surface area contributed by atoms with Crippen LogP contribution in [0.1, 0.15) is 10.4 Å². The minimum atomic E-state index is -0.390. The highest BCUT2D eigenvalue weighted by Gasteiger charge is 2.17. The van der Waals surface area contributed by atoms with Crippen LogP contribution in [0.2, 0.25) is 0 Å². The normalized spacial score (nSPS) is 9.76. The predicted octanol–water partition coefficient (Wildman–Crippen LogP) is 1.75. The number of rotatable bonds is 6. The van der Waals surface area contributed by atoms with Crippen LogP contribution in [0.3, 0.4) is 0 Å². The standard InChI is InChI=1S/C12H14O5/c1-4-9(13)8-5-6-10(17-7-15-2)12(16-3)11(8)14/h4-6,14H,1,7H2,2-3H3. The van der Waals surface area contributed by atoms with E-state index in [2.05, 4.69) is 6.58 Å². The van der Waals surface area contributed by atoms with Crippen molar-refractivity contribution in [3.05, 3.63) is 30.4 Å². The molecule has 0 heterocycles. The first-order valence-corrected chi connectivity index (χ1v) is 4.84. The molecule has 0 saturated heterocycles. The molecule has 0 aliphatic heterocycles. The molecule has 1 aromatic rings. The Kier molecular flexibility index (Phi) is 4.54. The second-order valence-electron chi connectivity index (χ2n) is 3.11. The van der Waals surface area contributed by atoms with Gasteiger partial charge in [-0.25, -0.2) is 0 Å². The Balaban J connectivity index is 3.17. The van der Waals surface area contributed by atoms with Gasteiger partial charge in [-0.05, 0) is 18.2 Å². The van der Waals surface area contributed by atoms with Crippen molar-refractivity contribution >= 4 is 5.78 Å². The number of aromatic hydroxyl groups is 1. The number of carbonyl (C=O) groups excluding carboxylic acids is 1. The molecule has 0 atom stereocenters. The summed E-state index contributed by atoms with van der Waals surface area (Å²) in [6.45, 7) is 3.37. The third-order valence-corrected chi connectivity index (χ3v) is 2.08. The minimum absolute atomic E-state index is 0.0184. The Morgan fingerprint density at radius 1 is 1.47 bits per heavy atom. The van der Waals surface area contributed by atoms with Crippen molar-refractivity contribution in [1.82, 2.24) is 0 Å². The number of hydrogen-bond acceptors (Lipinski definition) is 5. The van der Waals surface area contributed by atoms with Crippen LogP contribution >= 0.6 is 0 Å². The van der Waals surface area contributed by atoms with Crippen molar-refractivity contribution < 1.29 is 24.1 Å². The zero-order chi connectivity index (χ0) is 12.8. The number of hydrogen-bond donors (Lipinski definition) is 1. The van der Waals surface area contributed by atoms with Crippen molar-refractivity contribution in [3.63, 3.8) is 0 Å². The molecule has 5 heteroatoms. The number of ether oxygens (including phenoxy) is 3. The van der Waals surface area contributed by atoms with Gasteiger partial charge in [0.1, 0.15) is 0 Å². The first kappa shape index (κ1) is 13.1. The van der Waals surface area contributed by atoms with E-state index in [-0.39, 0.29) is 29.6 Å². The maximum absolute atomic E-state index is 11.4.